The van der Waals surface area contributed by atoms with Gasteiger partial charge < -0.3 is 5.73 Å². The minimum Gasteiger partial charge on any atom is -0.398 e. The van der Waals surface area contributed by atoms with E-state index in [-0.39, 0.29) is 10.6 Å². The summed E-state index contributed by atoms with van der Waals surface area (Å²) in [6.07, 6.45) is 2.40. The maximum atomic E-state index is 12.3. The van der Waals surface area contributed by atoms with Crippen molar-refractivity contribution in [1.29, 1.82) is 0 Å². The molecule has 0 amide bonds. The second-order valence-electron chi connectivity index (χ2n) is 4.97. The van der Waals surface area contributed by atoms with E-state index in [2.05, 4.69) is 43.5 Å². The van der Waals surface area contributed by atoms with Crippen LogP contribution in [0.2, 0.25) is 0 Å². The molecule has 0 radical (unpaired) electrons. The molecule has 0 bridgehead atoms. The van der Waals surface area contributed by atoms with Gasteiger partial charge in [0.1, 0.15) is 4.90 Å². The molecule has 1 unspecified atom stereocenters. The molecule has 0 aromatic heterocycles. The van der Waals surface area contributed by atoms with Crippen LogP contribution in [0.5, 0.6) is 0 Å². The predicted octanol–water partition coefficient (Wildman–Crippen LogP) is 3.12. The van der Waals surface area contributed by atoms with Gasteiger partial charge in [-0.1, -0.05) is 22.9 Å². The molecule has 4 nitrogen and oxygen atoms in total. The minimum atomic E-state index is -3.58. The molecule has 0 heterocycles. The Hall–Kier alpha value is -0.110. The van der Waals surface area contributed by atoms with Crippen LogP contribution in [0, 0.1) is 11.8 Å². The predicted molar refractivity (Wildman–Crippen MR) is 83.3 cm³/mol. The Labute approximate surface area is 130 Å². The molecule has 0 spiro atoms. The first-order valence-corrected chi connectivity index (χ1v) is 9.12. The number of nitrogens with two attached hydrogens (primary N) is 1. The number of hydrogen-bond acceptors (Lipinski definition) is 3. The number of rotatable bonds is 5. The van der Waals surface area contributed by atoms with Crippen molar-refractivity contribution in [3.63, 3.8) is 0 Å². The standard InChI is InChI=1S/C12H16Br2N2O2S/c1-7(8-2-3-8)6-16-19(17,18)12-10(14)4-9(13)5-11(12)15/h4-5,7-8,16H,2-3,6,15H2,1H3. The molecule has 1 aliphatic rings. The summed E-state index contributed by atoms with van der Waals surface area (Å²) in [5.41, 5.74) is 6.04. The zero-order valence-corrected chi connectivity index (χ0v) is 14.5. The van der Waals surface area contributed by atoms with Gasteiger partial charge in [-0.3, -0.25) is 0 Å². The van der Waals surface area contributed by atoms with E-state index in [9.17, 15) is 8.42 Å². The highest BCUT2D eigenvalue weighted by Crippen LogP contribution is 2.36. The molecule has 1 aliphatic carbocycles. The van der Waals surface area contributed by atoms with Gasteiger partial charge in [0.2, 0.25) is 10.0 Å². The van der Waals surface area contributed by atoms with Gasteiger partial charge in [0.25, 0.3) is 0 Å². The third kappa shape index (κ3) is 3.71. The van der Waals surface area contributed by atoms with Gasteiger partial charge >= 0.3 is 0 Å². The second-order valence-corrected chi connectivity index (χ2v) is 8.45. The zero-order valence-electron chi connectivity index (χ0n) is 10.5. The summed E-state index contributed by atoms with van der Waals surface area (Å²) >= 11 is 6.53. The highest BCUT2D eigenvalue weighted by Gasteiger charge is 2.29. The lowest BCUT2D eigenvalue weighted by Crippen LogP contribution is -2.30. The Morgan fingerprint density at radius 1 is 1.42 bits per heavy atom. The molecule has 1 aromatic carbocycles. The second kappa shape index (κ2) is 5.71. The van der Waals surface area contributed by atoms with Gasteiger partial charge in [0.15, 0.2) is 0 Å². The average Bonchev–Trinajstić information content (AvgIpc) is 3.07. The first-order chi connectivity index (χ1) is 8.81. The summed E-state index contributed by atoms with van der Waals surface area (Å²) in [7, 11) is -3.58. The maximum Gasteiger partial charge on any atom is 0.243 e. The third-order valence-corrected chi connectivity index (χ3v) is 6.21. The Kier molecular flexibility index (Phi) is 4.59. The number of benzene rings is 1. The van der Waals surface area contributed by atoms with Crippen LogP contribution < -0.4 is 10.5 Å². The van der Waals surface area contributed by atoms with Crippen LogP contribution in [-0.2, 0) is 10.0 Å². The maximum absolute atomic E-state index is 12.3. The fourth-order valence-corrected chi connectivity index (χ4v) is 5.22. The lowest BCUT2D eigenvalue weighted by molar-refractivity contribution is 0.492. The summed E-state index contributed by atoms with van der Waals surface area (Å²) in [6, 6.07) is 3.26. The van der Waals surface area contributed by atoms with Crippen LogP contribution in [0.25, 0.3) is 0 Å². The minimum absolute atomic E-state index is 0.110. The molecule has 7 heteroatoms. The Balaban J connectivity index is 2.19. The van der Waals surface area contributed by atoms with Crippen LogP contribution in [0.15, 0.2) is 26.0 Å². The molecule has 1 saturated carbocycles. The van der Waals surface area contributed by atoms with Crippen molar-refractivity contribution in [3.8, 4) is 0 Å². The largest absolute Gasteiger partial charge is 0.398 e. The van der Waals surface area contributed by atoms with E-state index in [4.69, 9.17) is 5.73 Å². The van der Waals surface area contributed by atoms with E-state index in [1.165, 1.54) is 12.8 Å². The monoisotopic (exact) mass is 410 g/mol. The molecular weight excluding hydrogens is 396 g/mol. The molecule has 19 heavy (non-hydrogen) atoms. The summed E-state index contributed by atoms with van der Waals surface area (Å²) in [4.78, 5) is 0.110. The number of nitrogens with one attached hydrogen (secondary N) is 1. The van der Waals surface area contributed by atoms with Gasteiger partial charge in [-0.25, -0.2) is 13.1 Å². The summed E-state index contributed by atoms with van der Waals surface area (Å²) in [5, 5.41) is 0. The van der Waals surface area contributed by atoms with Gasteiger partial charge in [-0.15, -0.1) is 0 Å². The molecule has 2 rings (SSSR count). The van der Waals surface area contributed by atoms with Crippen molar-refractivity contribution in [2.75, 3.05) is 12.3 Å². The quantitative estimate of drug-likeness (QED) is 0.731. The molecule has 106 valence electrons. The van der Waals surface area contributed by atoms with Crippen LogP contribution in [0.4, 0.5) is 5.69 Å². The normalized spacial score (nSPS) is 17.4. The fraction of sp³-hybridized carbons (Fsp3) is 0.500. The SMILES string of the molecule is CC(CNS(=O)(=O)c1c(N)cc(Br)cc1Br)C1CC1. The molecule has 0 saturated heterocycles. The molecule has 1 fully saturated rings. The van der Waals surface area contributed by atoms with Crippen molar-refractivity contribution in [3.05, 3.63) is 21.1 Å². The number of anilines is 1. The van der Waals surface area contributed by atoms with E-state index in [0.29, 0.717) is 22.9 Å². The van der Waals surface area contributed by atoms with Crippen LogP contribution in [0.1, 0.15) is 19.8 Å². The summed E-state index contributed by atoms with van der Waals surface area (Å²) in [5.74, 6) is 1.03. The van der Waals surface area contributed by atoms with Gasteiger partial charge in [0.05, 0.1) is 5.69 Å². The zero-order chi connectivity index (χ0) is 14.2. The number of halogens is 2. The average molecular weight is 412 g/mol. The van der Waals surface area contributed by atoms with Gasteiger partial charge in [0, 0.05) is 15.5 Å². The lowest BCUT2D eigenvalue weighted by Gasteiger charge is -2.14. The van der Waals surface area contributed by atoms with E-state index in [1.54, 1.807) is 12.1 Å². The molecule has 1 atom stereocenters. The molecule has 3 N–H and O–H groups in total. The molecule has 0 aliphatic heterocycles. The molecule has 1 aromatic rings. The Morgan fingerprint density at radius 2 is 2.05 bits per heavy atom. The Bertz CT molecular complexity index is 562. The van der Waals surface area contributed by atoms with Gasteiger partial charge in [-0.2, -0.15) is 0 Å². The van der Waals surface area contributed by atoms with Crippen molar-refractivity contribution >= 4 is 47.6 Å². The van der Waals surface area contributed by atoms with Crippen LogP contribution in [0.3, 0.4) is 0 Å². The Morgan fingerprint density at radius 3 is 2.58 bits per heavy atom. The van der Waals surface area contributed by atoms with E-state index in [0.717, 1.165) is 4.47 Å². The highest BCUT2D eigenvalue weighted by molar-refractivity contribution is 9.11. The van der Waals surface area contributed by atoms with Crippen LogP contribution in [-0.4, -0.2) is 15.0 Å². The van der Waals surface area contributed by atoms with E-state index < -0.39 is 10.0 Å². The topological polar surface area (TPSA) is 72.2 Å². The van der Waals surface area contributed by atoms with Crippen molar-refractivity contribution in [2.45, 2.75) is 24.7 Å². The molecular formula is C12H16Br2N2O2S. The first kappa shape index (κ1) is 15.3. The highest BCUT2D eigenvalue weighted by atomic mass is 79.9. The van der Waals surface area contributed by atoms with E-state index >= 15 is 0 Å². The number of nitrogen functional groups attached to an aromatic ring is 1. The first-order valence-electron chi connectivity index (χ1n) is 6.05. The van der Waals surface area contributed by atoms with E-state index in [1.807, 2.05) is 0 Å². The summed E-state index contributed by atoms with van der Waals surface area (Å²) in [6.45, 7) is 2.52. The number of sulfonamides is 1. The smallest absolute Gasteiger partial charge is 0.243 e. The fourth-order valence-electron chi connectivity index (χ4n) is 2.01. The lowest BCUT2D eigenvalue weighted by atomic mass is 10.1. The van der Waals surface area contributed by atoms with Crippen molar-refractivity contribution in [1.82, 2.24) is 4.72 Å². The van der Waals surface area contributed by atoms with Crippen molar-refractivity contribution in [2.24, 2.45) is 11.8 Å². The van der Waals surface area contributed by atoms with Crippen LogP contribution >= 0.6 is 31.9 Å². The third-order valence-electron chi connectivity index (χ3n) is 3.33. The number of hydrogen-bond donors (Lipinski definition) is 2. The van der Waals surface area contributed by atoms with Crippen molar-refractivity contribution < 1.29 is 8.42 Å². The van der Waals surface area contributed by atoms with Gasteiger partial charge in [-0.05, 0) is 52.7 Å². The summed E-state index contributed by atoms with van der Waals surface area (Å²) < 4.78 is 28.4.